The maximum Gasteiger partial charge on any atom is 0.193 e. The number of likely N-dealkylation sites (tertiary alicyclic amines) is 1. The van der Waals surface area contributed by atoms with Crippen molar-refractivity contribution < 1.29 is 9.47 Å². The summed E-state index contributed by atoms with van der Waals surface area (Å²) in [6, 6.07) is 0. The molecule has 0 atom stereocenters. The van der Waals surface area contributed by atoms with Gasteiger partial charge in [-0.1, -0.05) is 26.2 Å². The van der Waals surface area contributed by atoms with E-state index in [1.807, 2.05) is 0 Å². The Balaban J connectivity index is 0.00000364. The van der Waals surface area contributed by atoms with E-state index in [1.165, 1.54) is 32.1 Å². The van der Waals surface area contributed by atoms with Crippen LogP contribution >= 0.6 is 24.0 Å². The monoisotopic (exact) mass is 495 g/mol. The van der Waals surface area contributed by atoms with Crippen molar-refractivity contribution in [2.24, 2.45) is 16.8 Å². The molecule has 6 heteroatoms. The highest BCUT2D eigenvalue weighted by molar-refractivity contribution is 14.0. The van der Waals surface area contributed by atoms with Crippen LogP contribution in [0.5, 0.6) is 0 Å². The number of ether oxygens (including phenoxy) is 2. The molecule has 0 radical (unpaired) electrons. The normalized spacial score (nSPS) is 24.6. The lowest BCUT2D eigenvalue weighted by Crippen LogP contribution is -2.47. The summed E-state index contributed by atoms with van der Waals surface area (Å²) in [7, 11) is 1.75. The molecule has 1 saturated carbocycles. The van der Waals surface area contributed by atoms with E-state index in [4.69, 9.17) is 14.5 Å². The summed E-state index contributed by atoms with van der Waals surface area (Å²) in [6.45, 7) is 10.1. The van der Waals surface area contributed by atoms with E-state index in [1.54, 1.807) is 7.11 Å². The molecule has 160 valence electrons. The average Bonchev–Trinajstić information content (AvgIpc) is 2.69. The minimum atomic E-state index is 0. The third-order valence-corrected chi connectivity index (χ3v) is 5.97. The van der Waals surface area contributed by atoms with E-state index < -0.39 is 0 Å². The number of aliphatic imine (C=N–C) groups is 1. The first-order valence-corrected chi connectivity index (χ1v) is 10.9. The van der Waals surface area contributed by atoms with Crippen molar-refractivity contribution >= 4 is 29.9 Å². The number of methoxy groups -OCH3 is 1. The third-order valence-electron chi connectivity index (χ3n) is 5.97. The van der Waals surface area contributed by atoms with Gasteiger partial charge in [0.25, 0.3) is 0 Å². The maximum atomic E-state index is 5.98. The molecular formula is C21H42IN3O2. The zero-order valence-electron chi connectivity index (χ0n) is 17.8. The molecule has 0 aromatic carbocycles. The number of hydrogen-bond acceptors (Lipinski definition) is 3. The van der Waals surface area contributed by atoms with Crippen molar-refractivity contribution in [3.05, 3.63) is 0 Å². The Morgan fingerprint density at radius 1 is 1.00 bits per heavy atom. The molecule has 0 aromatic rings. The number of piperidine rings is 1. The van der Waals surface area contributed by atoms with Gasteiger partial charge in [-0.25, -0.2) is 0 Å². The molecule has 1 N–H and O–H groups in total. The van der Waals surface area contributed by atoms with Gasteiger partial charge in [-0.05, 0) is 50.9 Å². The van der Waals surface area contributed by atoms with Crippen molar-refractivity contribution in [3.8, 4) is 0 Å². The Morgan fingerprint density at radius 2 is 1.67 bits per heavy atom. The summed E-state index contributed by atoms with van der Waals surface area (Å²) in [5.41, 5.74) is 0. The molecule has 27 heavy (non-hydrogen) atoms. The minimum absolute atomic E-state index is 0. The van der Waals surface area contributed by atoms with Crippen LogP contribution in [0.1, 0.15) is 65.2 Å². The van der Waals surface area contributed by atoms with Crippen LogP contribution in [0.4, 0.5) is 0 Å². The topological polar surface area (TPSA) is 46.1 Å². The molecular weight excluding hydrogens is 453 g/mol. The Bertz CT molecular complexity index is 393. The van der Waals surface area contributed by atoms with Gasteiger partial charge in [0, 0.05) is 46.5 Å². The number of nitrogens with zero attached hydrogens (tertiary/aromatic N) is 2. The van der Waals surface area contributed by atoms with Gasteiger partial charge in [0.15, 0.2) is 5.96 Å². The zero-order chi connectivity index (χ0) is 18.6. The summed E-state index contributed by atoms with van der Waals surface area (Å²) < 4.78 is 11.1. The van der Waals surface area contributed by atoms with Crippen molar-refractivity contribution in [2.75, 3.05) is 46.5 Å². The van der Waals surface area contributed by atoms with E-state index in [0.717, 1.165) is 76.5 Å². The molecule has 1 heterocycles. The van der Waals surface area contributed by atoms with Crippen LogP contribution in [-0.2, 0) is 9.47 Å². The van der Waals surface area contributed by atoms with Gasteiger partial charge >= 0.3 is 0 Å². The van der Waals surface area contributed by atoms with Crippen molar-refractivity contribution in [1.29, 1.82) is 0 Å². The fourth-order valence-corrected chi connectivity index (χ4v) is 4.15. The van der Waals surface area contributed by atoms with Gasteiger partial charge < -0.3 is 19.7 Å². The SMILES string of the molecule is CCNC(=NCC1CCC(CC)CC1)N1CCC(OCCCOC)CC1.I. The molecule has 0 unspecified atom stereocenters. The Hall–Kier alpha value is -0.0800. The van der Waals surface area contributed by atoms with Gasteiger partial charge in [-0.15, -0.1) is 24.0 Å². The largest absolute Gasteiger partial charge is 0.385 e. The van der Waals surface area contributed by atoms with Crippen molar-refractivity contribution in [1.82, 2.24) is 10.2 Å². The van der Waals surface area contributed by atoms with Crippen LogP contribution in [0, 0.1) is 11.8 Å². The molecule has 1 saturated heterocycles. The third kappa shape index (κ3) is 9.31. The lowest BCUT2D eigenvalue weighted by Gasteiger charge is -2.34. The van der Waals surface area contributed by atoms with Crippen LogP contribution in [-0.4, -0.2) is 63.5 Å². The first-order chi connectivity index (χ1) is 12.8. The van der Waals surface area contributed by atoms with Crippen LogP contribution in [0.3, 0.4) is 0 Å². The van der Waals surface area contributed by atoms with Crippen molar-refractivity contribution in [2.45, 2.75) is 71.3 Å². The first kappa shape index (κ1) is 25.0. The second-order valence-electron chi connectivity index (χ2n) is 7.89. The Labute approximate surface area is 184 Å². The smallest absolute Gasteiger partial charge is 0.193 e. The molecule has 2 aliphatic rings. The lowest BCUT2D eigenvalue weighted by molar-refractivity contribution is 0.00989. The molecule has 2 rings (SSSR count). The summed E-state index contributed by atoms with van der Waals surface area (Å²) in [5, 5.41) is 3.51. The average molecular weight is 495 g/mol. The van der Waals surface area contributed by atoms with Gasteiger partial charge in [0.1, 0.15) is 0 Å². The Kier molecular flexibility index (Phi) is 13.7. The fraction of sp³-hybridized carbons (Fsp3) is 0.952. The van der Waals surface area contributed by atoms with E-state index in [9.17, 15) is 0 Å². The lowest BCUT2D eigenvalue weighted by atomic mass is 9.81. The zero-order valence-corrected chi connectivity index (χ0v) is 20.1. The first-order valence-electron chi connectivity index (χ1n) is 10.9. The van der Waals surface area contributed by atoms with E-state index in [2.05, 4.69) is 24.1 Å². The Morgan fingerprint density at radius 3 is 2.26 bits per heavy atom. The van der Waals surface area contributed by atoms with Crippen LogP contribution in [0.2, 0.25) is 0 Å². The summed E-state index contributed by atoms with van der Waals surface area (Å²) in [6.07, 6.45) is 10.4. The van der Waals surface area contributed by atoms with E-state index in [-0.39, 0.29) is 24.0 Å². The summed E-state index contributed by atoms with van der Waals surface area (Å²) >= 11 is 0. The van der Waals surface area contributed by atoms with Crippen LogP contribution in [0.25, 0.3) is 0 Å². The quantitative estimate of drug-likeness (QED) is 0.224. The number of nitrogens with one attached hydrogen (secondary N) is 1. The summed E-state index contributed by atoms with van der Waals surface area (Å²) in [5.74, 6) is 2.86. The molecule has 0 spiro atoms. The predicted molar refractivity (Wildman–Crippen MR) is 124 cm³/mol. The summed E-state index contributed by atoms with van der Waals surface area (Å²) in [4.78, 5) is 7.42. The highest BCUT2D eigenvalue weighted by Crippen LogP contribution is 2.30. The van der Waals surface area contributed by atoms with Crippen molar-refractivity contribution in [3.63, 3.8) is 0 Å². The number of rotatable bonds is 9. The molecule has 0 aromatic heterocycles. The molecule has 5 nitrogen and oxygen atoms in total. The maximum absolute atomic E-state index is 5.98. The van der Waals surface area contributed by atoms with Crippen LogP contribution in [0.15, 0.2) is 4.99 Å². The van der Waals surface area contributed by atoms with Gasteiger partial charge in [0.05, 0.1) is 6.10 Å². The van der Waals surface area contributed by atoms with Gasteiger partial charge in [0.2, 0.25) is 0 Å². The predicted octanol–water partition coefficient (Wildman–Crippen LogP) is 4.30. The number of guanidine groups is 1. The molecule has 1 aliphatic heterocycles. The van der Waals surface area contributed by atoms with Gasteiger partial charge in [-0.3, -0.25) is 4.99 Å². The number of halogens is 1. The highest BCUT2D eigenvalue weighted by Gasteiger charge is 2.23. The van der Waals surface area contributed by atoms with Crippen LogP contribution < -0.4 is 5.32 Å². The van der Waals surface area contributed by atoms with Gasteiger partial charge in [-0.2, -0.15) is 0 Å². The standard InChI is InChI=1S/C21H41N3O2.HI/c1-4-18-7-9-19(10-8-18)17-23-21(22-5-2)24-13-11-20(12-14-24)26-16-6-15-25-3;/h18-20H,4-17H2,1-3H3,(H,22,23);1H. The fourth-order valence-electron chi connectivity index (χ4n) is 4.15. The highest BCUT2D eigenvalue weighted by atomic mass is 127. The molecule has 1 aliphatic carbocycles. The molecule has 0 bridgehead atoms. The van der Waals surface area contributed by atoms with E-state index in [0.29, 0.717) is 6.10 Å². The minimum Gasteiger partial charge on any atom is -0.385 e. The molecule has 0 amide bonds. The second kappa shape index (κ2) is 14.9. The molecule has 2 fully saturated rings. The van der Waals surface area contributed by atoms with E-state index >= 15 is 0 Å². The second-order valence-corrected chi connectivity index (χ2v) is 7.89. The number of hydrogen-bond donors (Lipinski definition) is 1.